The molecule has 1 heterocycles. The van der Waals surface area contributed by atoms with E-state index in [-0.39, 0.29) is 5.54 Å². The monoisotopic (exact) mass is 214 g/mol. The Bertz CT molecular complexity index is 174. The molecule has 3 nitrogen and oxygen atoms in total. The highest BCUT2D eigenvalue weighted by atomic mass is 16.5. The fourth-order valence-corrected chi connectivity index (χ4v) is 2.27. The number of nitrogens with two attached hydrogens (primary N) is 1. The lowest BCUT2D eigenvalue weighted by atomic mass is 9.94. The lowest BCUT2D eigenvalue weighted by Crippen LogP contribution is -2.52. The zero-order valence-corrected chi connectivity index (χ0v) is 10.5. The summed E-state index contributed by atoms with van der Waals surface area (Å²) in [7, 11) is 0. The second-order valence-corrected chi connectivity index (χ2v) is 4.82. The smallest absolute Gasteiger partial charge is 0.0507 e. The molecule has 0 spiro atoms. The number of likely N-dealkylation sites (N-methyl/N-ethyl adjacent to an activating group) is 1. The highest BCUT2D eigenvalue weighted by molar-refractivity contribution is 4.87. The third-order valence-corrected chi connectivity index (χ3v) is 3.85. The fourth-order valence-electron chi connectivity index (χ4n) is 2.27. The Balaban J connectivity index is 2.52. The highest BCUT2D eigenvalue weighted by Gasteiger charge is 2.30. The van der Waals surface area contributed by atoms with Crippen LogP contribution in [0.4, 0.5) is 0 Å². The van der Waals surface area contributed by atoms with Gasteiger partial charge in [-0.3, -0.25) is 4.90 Å². The van der Waals surface area contributed by atoms with Crippen molar-refractivity contribution >= 4 is 0 Å². The first kappa shape index (κ1) is 12.9. The molecule has 0 aromatic rings. The summed E-state index contributed by atoms with van der Waals surface area (Å²) in [5, 5.41) is 0. The molecule has 1 rings (SSSR count). The zero-order chi connectivity index (χ0) is 11.3. The van der Waals surface area contributed by atoms with E-state index < -0.39 is 0 Å². The van der Waals surface area contributed by atoms with Crippen molar-refractivity contribution in [3.8, 4) is 0 Å². The number of hydrogen-bond acceptors (Lipinski definition) is 3. The molecule has 1 saturated heterocycles. The van der Waals surface area contributed by atoms with Crippen LogP contribution in [0.3, 0.4) is 0 Å². The maximum atomic E-state index is 5.90. The van der Waals surface area contributed by atoms with Crippen molar-refractivity contribution in [1.29, 1.82) is 0 Å². The normalized spacial score (nSPS) is 25.8. The summed E-state index contributed by atoms with van der Waals surface area (Å²) in [6.45, 7) is 11.5. The quantitative estimate of drug-likeness (QED) is 0.728. The van der Waals surface area contributed by atoms with Gasteiger partial charge in [-0.1, -0.05) is 13.8 Å². The minimum atomic E-state index is 0.164. The Morgan fingerprint density at radius 3 is 2.60 bits per heavy atom. The molecule has 0 radical (unpaired) electrons. The predicted molar refractivity (Wildman–Crippen MR) is 63.9 cm³/mol. The van der Waals surface area contributed by atoms with Gasteiger partial charge in [-0.25, -0.2) is 0 Å². The van der Waals surface area contributed by atoms with Crippen molar-refractivity contribution in [2.45, 2.75) is 39.2 Å². The van der Waals surface area contributed by atoms with Crippen LogP contribution in [-0.4, -0.2) is 43.3 Å². The topological polar surface area (TPSA) is 38.5 Å². The molecule has 2 atom stereocenters. The SMILES string of the molecule is CCN(CC1CCOC1)C(C)(CC)CN. The van der Waals surface area contributed by atoms with Crippen LogP contribution in [0, 0.1) is 5.92 Å². The standard InChI is InChI=1S/C12H26N2O/c1-4-12(3,10-13)14(5-2)8-11-6-7-15-9-11/h11H,4-10,13H2,1-3H3. The Morgan fingerprint density at radius 2 is 2.20 bits per heavy atom. The molecule has 90 valence electrons. The third kappa shape index (κ3) is 3.16. The molecule has 0 bridgehead atoms. The molecule has 0 aromatic heterocycles. The van der Waals surface area contributed by atoms with Crippen LogP contribution in [0.25, 0.3) is 0 Å². The minimum absolute atomic E-state index is 0.164. The van der Waals surface area contributed by atoms with Crippen LogP contribution in [-0.2, 0) is 4.74 Å². The van der Waals surface area contributed by atoms with Gasteiger partial charge >= 0.3 is 0 Å². The summed E-state index contributed by atoms with van der Waals surface area (Å²) < 4.78 is 5.42. The van der Waals surface area contributed by atoms with E-state index in [0.717, 1.165) is 39.3 Å². The third-order valence-electron chi connectivity index (χ3n) is 3.85. The Hall–Kier alpha value is -0.120. The summed E-state index contributed by atoms with van der Waals surface area (Å²) >= 11 is 0. The van der Waals surface area contributed by atoms with Crippen molar-refractivity contribution in [3.63, 3.8) is 0 Å². The van der Waals surface area contributed by atoms with Gasteiger partial charge < -0.3 is 10.5 Å². The van der Waals surface area contributed by atoms with Gasteiger partial charge in [0.05, 0.1) is 6.61 Å². The molecule has 1 aliphatic rings. The number of ether oxygens (including phenoxy) is 1. The Morgan fingerprint density at radius 1 is 1.47 bits per heavy atom. The molecule has 0 amide bonds. The van der Waals surface area contributed by atoms with Crippen molar-refractivity contribution in [3.05, 3.63) is 0 Å². The average molecular weight is 214 g/mol. The molecular formula is C12H26N2O. The van der Waals surface area contributed by atoms with Crippen LogP contribution in [0.5, 0.6) is 0 Å². The van der Waals surface area contributed by atoms with Gasteiger partial charge in [0.2, 0.25) is 0 Å². The van der Waals surface area contributed by atoms with Gasteiger partial charge in [0.25, 0.3) is 0 Å². The van der Waals surface area contributed by atoms with Crippen molar-refractivity contribution in [1.82, 2.24) is 4.90 Å². The van der Waals surface area contributed by atoms with Gasteiger partial charge in [-0.05, 0) is 32.2 Å². The summed E-state index contributed by atoms with van der Waals surface area (Å²) in [5.74, 6) is 0.711. The molecule has 2 unspecified atom stereocenters. The Labute approximate surface area is 94.0 Å². The maximum absolute atomic E-state index is 5.90. The second-order valence-electron chi connectivity index (χ2n) is 4.82. The van der Waals surface area contributed by atoms with E-state index in [9.17, 15) is 0 Å². The number of nitrogens with zero attached hydrogens (tertiary/aromatic N) is 1. The molecule has 3 heteroatoms. The van der Waals surface area contributed by atoms with Crippen molar-refractivity contribution in [2.75, 3.05) is 32.8 Å². The average Bonchev–Trinajstić information content (AvgIpc) is 2.77. The molecule has 0 saturated carbocycles. The molecule has 1 aliphatic heterocycles. The summed E-state index contributed by atoms with van der Waals surface area (Å²) in [4.78, 5) is 2.52. The largest absolute Gasteiger partial charge is 0.381 e. The molecule has 2 N–H and O–H groups in total. The van der Waals surface area contributed by atoms with E-state index >= 15 is 0 Å². The Kier molecular flexibility index (Phi) is 5.03. The van der Waals surface area contributed by atoms with Crippen LogP contribution in [0.1, 0.15) is 33.6 Å². The zero-order valence-electron chi connectivity index (χ0n) is 10.5. The lowest BCUT2D eigenvalue weighted by molar-refractivity contribution is 0.0863. The molecule has 0 aromatic carbocycles. The van der Waals surface area contributed by atoms with E-state index in [1.54, 1.807) is 0 Å². The van der Waals surface area contributed by atoms with E-state index in [0.29, 0.717) is 5.92 Å². The predicted octanol–water partition coefficient (Wildman–Crippen LogP) is 1.47. The van der Waals surface area contributed by atoms with E-state index in [1.165, 1.54) is 6.42 Å². The first-order chi connectivity index (χ1) is 7.16. The second kappa shape index (κ2) is 5.83. The van der Waals surface area contributed by atoms with Gasteiger partial charge in [-0.15, -0.1) is 0 Å². The highest BCUT2D eigenvalue weighted by Crippen LogP contribution is 2.22. The van der Waals surface area contributed by atoms with Crippen LogP contribution in [0.2, 0.25) is 0 Å². The van der Waals surface area contributed by atoms with E-state index in [4.69, 9.17) is 10.5 Å². The van der Waals surface area contributed by atoms with Crippen LogP contribution >= 0.6 is 0 Å². The van der Waals surface area contributed by atoms with Gasteiger partial charge in [0, 0.05) is 25.2 Å². The lowest BCUT2D eigenvalue weighted by Gasteiger charge is -2.40. The van der Waals surface area contributed by atoms with Crippen molar-refractivity contribution in [2.24, 2.45) is 11.7 Å². The van der Waals surface area contributed by atoms with E-state index in [2.05, 4.69) is 25.7 Å². The fraction of sp³-hybridized carbons (Fsp3) is 1.00. The first-order valence-corrected chi connectivity index (χ1v) is 6.19. The molecule has 15 heavy (non-hydrogen) atoms. The number of hydrogen-bond donors (Lipinski definition) is 1. The van der Waals surface area contributed by atoms with E-state index in [1.807, 2.05) is 0 Å². The minimum Gasteiger partial charge on any atom is -0.381 e. The van der Waals surface area contributed by atoms with Gasteiger partial charge in [0.1, 0.15) is 0 Å². The van der Waals surface area contributed by atoms with Crippen molar-refractivity contribution < 1.29 is 4.74 Å². The first-order valence-electron chi connectivity index (χ1n) is 6.19. The van der Waals surface area contributed by atoms with Crippen LogP contribution < -0.4 is 5.73 Å². The summed E-state index contributed by atoms with van der Waals surface area (Å²) in [6, 6.07) is 0. The summed E-state index contributed by atoms with van der Waals surface area (Å²) in [5.41, 5.74) is 6.06. The number of rotatable bonds is 6. The van der Waals surface area contributed by atoms with Gasteiger partial charge in [0.15, 0.2) is 0 Å². The van der Waals surface area contributed by atoms with Crippen LogP contribution in [0.15, 0.2) is 0 Å². The maximum Gasteiger partial charge on any atom is 0.0507 e. The molecule has 0 aliphatic carbocycles. The van der Waals surface area contributed by atoms with Gasteiger partial charge in [-0.2, -0.15) is 0 Å². The summed E-state index contributed by atoms with van der Waals surface area (Å²) in [6.07, 6.45) is 2.33. The molecule has 1 fully saturated rings. The molecular weight excluding hydrogens is 188 g/mol.